The number of hydrogen-bond donors (Lipinski definition) is 0. The second-order valence-corrected chi connectivity index (χ2v) is 6.10. The van der Waals surface area contributed by atoms with Crippen molar-refractivity contribution in [3.8, 4) is 11.5 Å². The van der Waals surface area contributed by atoms with E-state index in [9.17, 15) is 5.11 Å². The van der Waals surface area contributed by atoms with Crippen LogP contribution in [0, 0.1) is 0 Å². The van der Waals surface area contributed by atoms with Gasteiger partial charge in [-0.05, 0) is 32.3 Å². The minimum absolute atomic E-state index is 0.0395. The number of ether oxygens (including phenoxy) is 1. The first-order valence-electron chi connectivity index (χ1n) is 5.61. The third-order valence-corrected chi connectivity index (χ3v) is 2.20. The molecule has 0 heterocycles. The molecule has 0 bridgehead atoms. The summed E-state index contributed by atoms with van der Waals surface area (Å²) in [6.07, 6.45) is 0. The second-order valence-electron chi connectivity index (χ2n) is 6.10. The summed E-state index contributed by atoms with van der Waals surface area (Å²) in [6.45, 7) is 12.1. The van der Waals surface area contributed by atoms with Crippen LogP contribution < -0.4 is 4.74 Å². The van der Waals surface area contributed by atoms with Crippen molar-refractivity contribution in [3.63, 3.8) is 0 Å². The zero-order valence-corrected chi connectivity index (χ0v) is 11.0. The molecule has 1 aromatic rings. The van der Waals surface area contributed by atoms with Gasteiger partial charge in [0.15, 0.2) is 5.75 Å². The third-order valence-electron chi connectivity index (χ3n) is 2.20. The van der Waals surface area contributed by atoms with Crippen LogP contribution >= 0.6 is 0 Å². The highest BCUT2D eigenvalue weighted by Crippen LogP contribution is 2.39. The van der Waals surface area contributed by atoms with Gasteiger partial charge in [0.1, 0.15) is 5.60 Å². The van der Waals surface area contributed by atoms with E-state index < -0.39 is 0 Å². The van der Waals surface area contributed by atoms with Gasteiger partial charge in [0.2, 0.25) is 5.75 Å². The van der Waals surface area contributed by atoms with Crippen LogP contribution in [-0.2, 0) is 10.5 Å². The van der Waals surface area contributed by atoms with Crippen LogP contribution in [0.25, 0.3) is 0 Å². The van der Waals surface area contributed by atoms with Crippen LogP contribution in [0.2, 0.25) is 0 Å². The van der Waals surface area contributed by atoms with Crippen molar-refractivity contribution in [2.24, 2.45) is 0 Å². The Labute approximate surface area is 98.3 Å². The molecule has 0 saturated heterocycles. The number of benzene rings is 1. The fourth-order valence-corrected chi connectivity index (χ4v) is 1.52. The summed E-state index contributed by atoms with van der Waals surface area (Å²) < 4.78 is 5.78. The van der Waals surface area contributed by atoms with Crippen LogP contribution in [0.4, 0.5) is 0 Å². The van der Waals surface area contributed by atoms with Crippen molar-refractivity contribution in [1.82, 2.24) is 0 Å². The molecule has 0 aliphatic carbocycles. The molecule has 2 nitrogen and oxygen atoms in total. The SMILES string of the molecule is CC(C)(C)Oc1c([O])cccc1C(C)(C)C. The molecule has 0 amide bonds. The predicted octanol–water partition coefficient (Wildman–Crippen LogP) is 4.31. The fourth-order valence-electron chi connectivity index (χ4n) is 1.52. The first-order chi connectivity index (χ1) is 7.11. The van der Waals surface area contributed by atoms with Gasteiger partial charge in [0.25, 0.3) is 0 Å². The number of para-hydroxylation sites is 1. The Morgan fingerprint density at radius 3 is 2.00 bits per heavy atom. The maximum Gasteiger partial charge on any atom is 0.220 e. The molecule has 0 aromatic heterocycles. The van der Waals surface area contributed by atoms with Crippen molar-refractivity contribution in [1.29, 1.82) is 0 Å². The average molecular weight is 221 g/mol. The molecule has 1 aromatic carbocycles. The zero-order valence-electron chi connectivity index (χ0n) is 11.0. The molecular formula is C14H21O2. The van der Waals surface area contributed by atoms with Crippen LogP contribution in [0.3, 0.4) is 0 Å². The van der Waals surface area contributed by atoms with Crippen LogP contribution in [0.1, 0.15) is 47.1 Å². The Balaban J connectivity index is 3.25. The zero-order chi connectivity index (χ0) is 12.6. The Morgan fingerprint density at radius 2 is 1.56 bits per heavy atom. The molecule has 0 N–H and O–H groups in total. The van der Waals surface area contributed by atoms with E-state index in [0.717, 1.165) is 5.56 Å². The summed E-state index contributed by atoms with van der Waals surface area (Å²) in [7, 11) is 0. The van der Waals surface area contributed by atoms with Gasteiger partial charge in [-0.15, -0.1) is 0 Å². The summed E-state index contributed by atoms with van der Waals surface area (Å²) in [6, 6.07) is 5.30. The summed E-state index contributed by atoms with van der Waals surface area (Å²) in [5.41, 5.74) is 0.538. The van der Waals surface area contributed by atoms with Crippen molar-refractivity contribution in [2.75, 3.05) is 0 Å². The first kappa shape index (κ1) is 12.9. The van der Waals surface area contributed by atoms with Gasteiger partial charge in [0, 0.05) is 5.56 Å². The smallest absolute Gasteiger partial charge is 0.220 e. The van der Waals surface area contributed by atoms with E-state index >= 15 is 0 Å². The lowest BCUT2D eigenvalue weighted by atomic mass is 9.86. The highest BCUT2D eigenvalue weighted by atomic mass is 16.5. The molecular weight excluding hydrogens is 200 g/mol. The van der Waals surface area contributed by atoms with Crippen molar-refractivity contribution >= 4 is 0 Å². The molecule has 0 unspecified atom stereocenters. The van der Waals surface area contributed by atoms with E-state index in [-0.39, 0.29) is 16.8 Å². The third kappa shape index (κ3) is 3.16. The lowest BCUT2D eigenvalue weighted by Gasteiger charge is -2.28. The summed E-state index contributed by atoms with van der Waals surface area (Å²) in [5, 5.41) is 11.8. The summed E-state index contributed by atoms with van der Waals surface area (Å²) in [4.78, 5) is 0. The van der Waals surface area contributed by atoms with Gasteiger partial charge in [-0.2, -0.15) is 0 Å². The van der Waals surface area contributed by atoms with Gasteiger partial charge in [-0.3, -0.25) is 5.11 Å². The number of hydrogen-bond acceptors (Lipinski definition) is 1. The summed E-state index contributed by atoms with van der Waals surface area (Å²) >= 11 is 0. The molecule has 0 aliphatic rings. The van der Waals surface area contributed by atoms with Gasteiger partial charge >= 0.3 is 0 Å². The molecule has 1 rings (SSSR count). The first-order valence-corrected chi connectivity index (χ1v) is 5.61. The van der Waals surface area contributed by atoms with Crippen molar-refractivity contribution in [3.05, 3.63) is 23.8 Å². The Bertz CT molecular complexity index is 367. The minimum atomic E-state index is -0.347. The van der Waals surface area contributed by atoms with Gasteiger partial charge < -0.3 is 4.74 Å². The molecule has 0 aliphatic heterocycles. The van der Waals surface area contributed by atoms with Crippen LogP contribution in [-0.4, -0.2) is 5.60 Å². The van der Waals surface area contributed by atoms with E-state index in [2.05, 4.69) is 20.8 Å². The van der Waals surface area contributed by atoms with Crippen molar-refractivity contribution < 1.29 is 9.84 Å². The largest absolute Gasteiger partial charge is 0.484 e. The van der Waals surface area contributed by atoms with Crippen LogP contribution in [0.15, 0.2) is 18.2 Å². The molecule has 0 saturated carbocycles. The van der Waals surface area contributed by atoms with E-state index in [1.165, 1.54) is 0 Å². The quantitative estimate of drug-likeness (QED) is 0.695. The molecule has 16 heavy (non-hydrogen) atoms. The fraction of sp³-hybridized carbons (Fsp3) is 0.571. The van der Waals surface area contributed by atoms with E-state index in [1.807, 2.05) is 26.8 Å². The minimum Gasteiger partial charge on any atom is -0.484 e. The van der Waals surface area contributed by atoms with Crippen molar-refractivity contribution in [2.45, 2.75) is 52.6 Å². The molecule has 89 valence electrons. The van der Waals surface area contributed by atoms with E-state index in [4.69, 9.17) is 4.74 Å². The second kappa shape index (κ2) is 4.00. The van der Waals surface area contributed by atoms with Gasteiger partial charge in [-0.25, -0.2) is 0 Å². The molecule has 2 heteroatoms. The molecule has 0 fully saturated rings. The topological polar surface area (TPSA) is 29.1 Å². The van der Waals surface area contributed by atoms with E-state index in [1.54, 1.807) is 12.1 Å². The lowest BCUT2D eigenvalue weighted by molar-refractivity contribution is 0.119. The molecule has 0 spiro atoms. The summed E-state index contributed by atoms with van der Waals surface area (Å²) in [5.74, 6) is 0.449. The van der Waals surface area contributed by atoms with Gasteiger partial charge in [0.05, 0.1) is 0 Å². The molecule has 1 radical (unpaired) electrons. The maximum absolute atomic E-state index is 11.8. The van der Waals surface area contributed by atoms with Crippen LogP contribution in [0.5, 0.6) is 11.5 Å². The Morgan fingerprint density at radius 1 is 1.00 bits per heavy atom. The Kier molecular flexibility index (Phi) is 3.22. The standard InChI is InChI=1S/C14H21O2/c1-13(2,3)10-8-7-9-11(15)12(10)16-14(4,5)6/h7-9H,1-6H3. The van der Waals surface area contributed by atoms with Gasteiger partial charge in [-0.1, -0.05) is 32.9 Å². The monoisotopic (exact) mass is 221 g/mol. The maximum atomic E-state index is 11.8. The highest BCUT2D eigenvalue weighted by molar-refractivity contribution is 5.48. The van der Waals surface area contributed by atoms with E-state index in [0.29, 0.717) is 5.75 Å². The highest BCUT2D eigenvalue weighted by Gasteiger charge is 2.25. The average Bonchev–Trinajstić information content (AvgIpc) is 2.04. The Hall–Kier alpha value is -1.18. The normalized spacial score (nSPS) is 12.6. The lowest BCUT2D eigenvalue weighted by Crippen LogP contribution is -2.25. The number of rotatable bonds is 1. The predicted molar refractivity (Wildman–Crippen MR) is 65.7 cm³/mol. The molecule has 0 atom stereocenters.